The third-order valence-corrected chi connectivity index (χ3v) is 4.89. The van der Waals surface area contributed by atoms with Crippen LogP contribution in [0.3, 0.4) is 0 Å². The topological polar surface area (TPSA) is 35.5 Å². The zero-order chi connectivity index (χ0) is 19.2. The van der Waals surface area contributed by atoms with Gasteiger partial charge < -0.3 is 9.47 Å². The van der Waals surface area contributed by atoms with Gasteiger partial charge in [-0.15, -0.1) is 0 Å². The Hall–Kier alpha value is -1.51. The summed E-state index contributed by atoms with van der Waals surface area (Å²) in [7, 11) is 0. The molecule has 0 heterocycles. The fraction of sp³-hybridized carbons (Fsp3) is 0.696. The third-order valence-electron chi connectivity index (χ3n) is 4.89. The average Bonchev–Trinajstić information content (AvgIpc) is 2.63. The highest BCUT2D eigenvalue weighted by atomic mass is 16.5. The maximum atomic E-state index is 11.9. The molecule has 0 radical (unpaired) electrons. The summed E-state index contributed by atoms with van der Waals surface area (Å²) in [6.45, 7) is 9.23. The first-order valence-corrected chi connectivity index (χ1v) is 10.5. The van der Waals surface area contributed by atoms with Crippen molar-refractivity contribution >= 4 is 5.97 Å². The van der Waals surface area contributed by atoms with Crippen LogP contribution < -0.4 is 4.74 Å². The molecule has 0 saturated heterocycles. The Morgan fingerprint density at radius 2 is 1.42 bits per heavy atom. The monoisotopic (exact) mass is 362 g/mol. The van der Waals surface area contributed by atoms with E-state index < -0.39 is 0 Å². The Morgan fingerprint density at radius 1 is 0.846 bits per heavy atom. The van der Waals surface area contributed by atoms with Crippen molar-refractivity contribution in [3.63, 3.8) is 0 Å². The van der Waals surface area contributed by atoms with Crippen molar-refractivity contribution in [3.05, 3.63) is 28.8 Å². The lowest BCUT2D eigenvalue weighted by molar-refractivity contribution is 0.0525. The number of hydrogen-bond acceptors (Lipinski definition) is 3. The molecule has 26 heavy (non-hydrogen) atoms. The number of benzene rings is 1. The number of unbranched alkanes of at least 4 members (excludes halogenated alkanes) is 9. The quantitative estimate of drug-likeness (QED) is 0.270. The molecule has 0 atom stereocenters. The van der Waals surface area contributed by atoms with Crippen molar-refractivity contribution in [2.45, 2.75) is 91.9 Å². The van der Waals surface area contributed by atoms with Gasteiger partial charge in [0.15, 0.2) is 0 Å². The van der Waals surface area contributed by atoms with Crippen molar-refractivity contribution in [1.29, 1.82) is 0 Å². The van der Waals surface area contributed by atoms with Gasteiger partial charge in [-0.25, -0.2) is 4.79 Å². The van der Waals surface area contributed by atoms with Crippen LogP contribution in [0.5, 0.6) is 5.75 Å². The molecule has 0 unspecified atom stereocenters. The van der Waals surface area contributed by atoms with E-state index in [9.17, 15) is 4.79 Å². The second-order valence-electron chi connectivity index (χ2n) is 7.17. The summed E-state index contributed by atoms with van der Waals surface area (Å²) in [4.78, 5) is 11.9. The van der Waals surface area contributed by atoms with Crippen LogP contribution in [0.15, 0.2) is 12.1 Å². The zero-order valence-electron chi connectivity index (χ0n) is 17.4. The highest BCUT2D eigenvalue weighted by Crippen LogP contribution is 2.24. The molecular formula is C23H38O3. The molecule has 1 aromatic carbocycles. The minimum Gasteiger partial charge on any atom is -0.493 e. The number of aryl methyl sites for hydroxylation is 1. The summed E-state index contributed by atoms with van der Waals surface area (Å²) in [6.07, 6.45) is 13.2. The van der Waals surface area contributed by atoms with Crippen molar-refractivity contribution in [3.8, 4) is 5.75 Å². The Morgan fingerprint density at radius 3 is 2.00 bits per heavy atom. The van der Waals surface area contributed by atoms with E-state index in [0.29, 0.717) is 18.8 Å². The summed E-state index contributed by atoms with van der Waals surface area (Å²) in [6, 6.07) is 3.69. The summed E-state index contributed by atoms with van der Waals surface area (Å²) < 4.78 is 11.0. The molecule has 3 heteroatoms. The normalized spacial score (nSPS) is 10.8. The molecule has 0 N–H and O–H groups in total. The summed E-state index contributed by atoms with van der Waals surface area (Å²) in [5.74, 6) is 0.531. The van der Waals surface area contributed by atoms with E-state index in [1.54, 1.807) is 0 Å². The van der Waals surface area contributed by atoms with E-state index in [0.717, 1.165) is 23.3 Å². The first-order chi connectivity index (χ1) is 12.6. The lowest BCUT2D eigenvalue weighted by Crippen LogP contribution is -2.07. The fourth-order valence-electron chi connectivity index (χ4n) is 3.08. The van der Waals surface area contributed by atoms with E-state index >= 15 is 0 Å². The van der Waals surface area contributed by atoms with Crippen LogP contribution in [0.1, 0.15) is 99.5 Å². The van der Waals surface area contributed by atoms with E-state index in [1.807, 2.05) is 32.9 Å². The van der Waals surface area contributed by atoms with Gasteiger partial charge in [0.05, 0.1) is 18.8 Å². The van der Waals surface area contributed by atoms with Gasteiger partial charge in [-0.3, -0.25) is 0 Å². The van der Waals surface area contributed by atoms with Gasteiger partial charge in [0.1, 0.15) is 5.75 Å². The van der Waals surface area contributed by atoms with Gasteiger partial charge in [-0.1, -0.05) is 64.7 Å². The zero-order valence-corrected chi connectivity index (χ0v) is 17.4. The molecule has 3 nitrogen and oxygen atoms in total. The van der Waals surface area contributed by atoms with Crippen LogP contribution >= 0.6 is 0 Å². The van der Waals surface area contributed by atoms with Gasteiger partial charge in [-0.2, -0.15) is 0 Å². The number of rotatable bonds is 14. The molecule has 148 valence electrons. The number of ether oxygens (including phenoxy) is 2. The Kier molecular flexibility index (Phi) is 11.8. The largest absolute Gasteiger partial charge is 0.493 e. The average molecular weight is 363 g/mol. The number of hydrogen-bond donors (Lipinski definition) is 0. The summed E-state index contributed by atoms with van der Waals surface area (Å²) in [5, 5.41) is 0. The van der Waals surface area contributed by atoms with Gasteiger partial charge in [0.25, 0.3) is 0 Å². The van der Waals surface area contributed by atoms with Crippen molar-refractivity contribution in [2.24, 2.45) is 0 Å². The number of carbonyl (C=O) groups is 1. The minimum atomic E-state index is -0.278. The Bertz CT molecular complexity index is 522. The molecule has 0 amide bonds. The van der Waals surface area contributed by atoms with E-state index in [-0.39, 0.29) is 5.97 Å². The molecule has 0 aliphatic rings. The predicted molar refractivity (Wildman–Crippen MR) is 109 cm³/mol. The highest BCUT2D eigenvalue weighted by molar-refractivity contribution is 5.90. The molecule has 0 saturated carbocycles. The molecule has 1 aromatic rings. The standard InChI is InChI=1S/C23H38O3/c1-5-7-8-9-10-11-12-13-14-15-16-26-22-18-21(23(24)25-6-2)17-19(3)20(22)4/h17-18H,5-16H2,1-4H3. The first-order valence-electron chi connectivity index (χ1n) is 10.5. The summed E-state index contributed by atoms with van der Waals surface area (Å²) >= 11 is 0. The van der Waals surface area contributed by atoms with E-state index in [1.165, 1.54) is 57.8 Å². The maximum absolute atomic E-state index is 11.9. The van der Waals surface area contributed by atoms with Crippen LogP contribution in [-0.4, -0.2) is 19.2 Å². The van der Waals surface area contributed by atoms with Crippen LogP contribution in [0.2, 0.25) is 0 Å². The lowest BCUT2D eigenvalue weighted by Gasteiger charge is -2.13. The van der Waals surface area contributed by atoms with E-state index in [4.69, 9.17) is 9.47 Å². The SMILES string of the molecule is CCCCCCCCCCCCOc1cc(C(=O)OCC)cc(C)c1C. The molecule has 0 bridgehead atoms. The first kappa shape index (κ1) is 22.5. The van der Waals surface area contributed by atoms with Gasteiger partial charge in [0.2, 0.25) is 0 Å². The lowest BCUT2D eigenvalue weighted by atomic mass is 10.0. The van der Waals surface area contributed by atoms with Gasteiger partial charge in [0, 0.05) is 0 Å². The van der Waals surface area contributed by atoms with Gasteiger partial charge in [-0.05, 0) is 50.5 Å². The minimum absolute atomic E-state index is 0.278. The molecule has 0 aliphatic carbocycles. The predicted octanol–water partition coefficient (Wildman–Crippen LogP) is 6.78. The van der Waals surface area contributed by atoms with Crippen molar-refractivity contribution in [1.82, 2.24) is 0 Å². The van der Waals surface area contributed by atoms with Crippen molar-refractivity contribution < 1.29 is 14.3 Å². The molecule has 1 rings (SSSR count). The second-order valence-corrected chi connectivity index (χ2v) is 7.17. The highest BCUT2D eigenvalue weighted by Gasteiger charge is 2.12. The van der Waals surface area contributed by atoms with Crippen LogP contribution in [0, 0.1) is 13.8 Å². The van der Waals surface area contributed by atoms with Crippen LogP contribution in [-0.2, 0) is 4.74 Å². The molecule has 0 aromatic heterocycles. The van der Waals surface area contributed by atoms with E-state index in [2.05, 4.69) is 6.92 Å². The third kappa shape index (κ3) is 8.73. The number of carbonyl (C=O) groups excluding carboxylic acids is 1. The maximum Gasteiger partial charge on any atom is 0.338 e. The number of esters is 1. The smallest absolute Gasteiger partial charge is 0.338 e. The van der Waals surface area contributed by atoms with Crippen LogP contribution in [0.4, 0.5) is 0 Å². The summed E-state index contributed by atoms with van der Waals surface area (Å²) in [5.41, 5.74) is 2.74. The molecule has 0 fully saturated rings. The van der Waals surface area contributed by atoms with Gasteiger partial charge >= 0.3 is 5.97 Å². The molecular weight excluding hydrogens is 324 g/mol. The molecule has 0 aliphatic heterocycles. The fourth-order valence-corrected chi connectivity index (χ4v) is 3.08. The second kappa shape index (κ2) is 13.7. The molecule has 0 spiro atoms. The van der Waals surface area contributed by atoms with Crippen molar-refractivity contribution in [2.75, 3.05) is 13.2 Å². The Labute approximate surface area is 160 Å². The Balaban J connectivity index is 2.25. The van der Waals surface area contributed by atoms with Crippen LogP contribution in [0.25, 0.3) is 0 Å².